The van der Waals surface area contributed by atoms with Crippen molar-refractivity contribution in [3.63, 3.8) is 0 Å². The van der Waals surface area contributed by atoms with E-state index in [1.807, 2.05) is 0 Å². The minimum absolute atomic E-state index is 0.447. The summed E-state index contributed by atoms with van der Waals surface area (Å²) in [4.78, 5) is 0. The molecule has 1 aliphatic heterocycles. The Kier molecular flexibility index (Phi) is 2.16. The fraction of sp³-hybridized carbons (Fsp3) is 1.00. The highest BCUT2D eigenvalue weighted by Crippen LogP contribution is 2.56. The quantitative estimate of drug-likeness (QED) is 0.677. The van der Waals surface area contributed by atoms with Gasteiger partial charge in [0.1, 0.15) is 0 Å². The van der Waals surface area contributed by atoms with Gasteiger partial charge >= 0.3 is 0 Å². The minimum Gasteiger partial charge on any atom is -0.327 e. The van der Waals surface area contributed by atoms with Crippen LogP contribution in [0.3, 0.4) is 0 Å². The van der Waals surface area contributed by atoms with Gasteiger partial charge in [-0.2, -0.15) is 11.8 Å². The molecule has 1 saturated carbocycles. The standard InChI is InChI=1S/C10H19NS/c1-10(2)8(9(10)11)7-4-3-5-12-6-7/h7-9H,3-6,11H2,1-2H3/t7?,8-,9-/m0/s1. The second-order valence-electron chi connectivity index (χ2n) is 4.85. The van der Waals surface area contributed by atoms with Crippen molar-refractivity contribution in [1.29, 1.82) is 0 Å². The molecule has 1 aliphatic carbocycles. The van der Waals surface area contributed by atoms with Crippen molar-refractivity contribution in [2.45, 2.75) is 32.7 Å². The summed E-state index contributed by atoms with van der Waals surface area (Å²) in [7, 11) is 0. The Morgan fingerprint density at radius 2 is 2.08 bits per heavy atom. The van der Waals surface area contributed by atoms with Crippen LogP contribution in [0.5, 0.6) is 0 Å². The van der Waals surface area contributed by atoms with Crippen LogP contribution in [0.2, 0.25) is 0 Å². The summed E-state index contributed by atoms with van der Waals surface area (Å²) in [6.07, 6.45) is 2.84. The first-order valence-electron chi connectivity index (χ1n) is 4.97. The molecule has 0 spiro atoms. The van der Waals surface area contributed by atoms with Crippen LogP contribution in [0.4, 0.5) is 0 Å². The molecule has 2 rings (SSSR count). The van der Waals surface area contributed by atoms with E-state index in [1.54, 1.807) is 0 Å². The number of hydrogen-bond acceptors (Lipinski definition) is 2. The molecule has 0 aromatic rings. The molecule has 70 valence electrons. The molecule has 0 aromatic heterocycles. The maximum Gasteiger partial charge on any atom is 0.0131 e. The van der Waals surface area contributed by atoms with Crippen molar-refractivity contribution >= 4 is 11.8 Å². The Balaban J connectivity index is 1.93. The monoisotopic (exact) mass is 185 g/mol. The molecule has 0 aromatic carbocycles. The van der Waals surface area contributed by atoms with Crippen LogP contribution < -0.4 is 5.73 Å². The highest BCUT2D eigenvalue weighted by molar-refractivity contribution is 7.99. The molecule has 2 fully saturated rings. The van der Waals surface area contributed by atoms with Gasteiger partial charge < -0.3 is 5.73 Å². The lowest BCUT2D eigenvalue weighted by Crippen LogP contribution is -2.17. The summed E-state index contributed by atoms with van der Waals surface area (Å²) in [5, 5.41) is 0. The number of nitrogens with two attached hydrogens (primary N) is 1. The van der Waals surface area contributed by atoms with E-state index in [9.17, 15) is 0 Å². The molecule has 0 amide bonds. The Bertz CT molecular complexity index is 173. The maximum atomic E-state index is 6.07. The highest BCUT2D eigenvalue weighted by atomic mass is 32.2. The first kappa shape index (κ1) is 8.89. The maximum absolute atomic E-state index is 6.07. The molecule has 12 heavy (non-hydrogen) atoms. The van der Waals surface area contributed by atoms with Gasteiger partial charge in [0, 0.05) is 6.04 Å². The smallest absolute Gasteiger partial charge is 0.0131 e. The summed E-state index contributed by atoms with van der Waals surface area (Å²) in [5.41, 5.74) is 6.51. The van der Waals surface area contributed by atoms with Crippen LogP contribution in [0.1, 0.15) is 26.7 Å². The summed E-state index contributed by atoms with van der Waals surface area (Å²) < 4.78 is 0. The summed E-state index contributed by atoms with van der Waals surface area (Å²) in [6.45, 7) is 4.64. The zero-order valence-electron chi connectivity index (χ0n) is 8.05. The van der Waals surface area contributed by atoms with Crippen LogP contribution in [-0.4, -0.2) is 17.5 Å². The lowest BCUT2D eigenvalue weighted by atomic mass is 9.94. The van der Waals surface area contributed by atoms with Crippen LogP contribution in [-0.2, 0) is 0 Å². The van der Waals surface area contributed by atoms with Gasteiger partial charge in [0.2, 0.25) is 0 Å². The van der Waals surface area contributed by atoms with Gasteiger partial charge in [-0.3, -0.25) is 0 Å². The first-order chi connectivity index (χ1) is 5.64. The van der Waals surface area contributed by atoms with E-state index in [2.05, 4.69) is 25.6 Å². The molecule has 2 heteroatoms. The van der Waals surface area contributed by atoms with Crippen LogP contribution >= 0.6 is 11.8 Å². The van der Waals surface area contributed by atoms with Crippen LogP contribution in [0.15, 0.2) is 0 Å². The molecular weight excluding hydrogens is 166 g/mol. The fourth-order valence-electron chi connectivity index (χ4n) is 2.67. The molecule has 0 radical (unpaired) electrons. The van der Waals surface area contributed by atoms with Gasteiger partial charge in [-0.1, -0.05) is 13.8 Å². The predicted octanol–water partition coefficient (Wildman–Crippen LogP) is 2.11. The Labute approximate surface area is 79.5 Å². The Morgan fingerprint density at radius 1 is 1.42 bits per heavy atom. The van der Waals surface area contributed by atoms with E-state index >= 15 is 0 Å². The molecule has 2 aliphatic rings. The number of hydrogen-bond donors (Lipinski definition) is 1. The van der Waals surface area contributed by atoms with Gasteiger partial charge in [-0.25, -0.2) is 0 Å². The van der Waals surface area contributed by atoms with Gasteiger partial charge in [0.05, 0.1) is 0 Å². The predicted molar refractivity (Wildman–Crippen MR) is 55.3 cm³/mol. The topological polar surface area (TPSA) is 26.0 Å². The lowest BCUT2D eigenvalue weighted by molar-refractivity contribution is 0.396. The van der Waals surface area contributed by atoms with Crippen molar-refractivity contribution in [1.82, 2.24) is 0 Å². The summed E-state index contributed by atoms with van der Waals surface area (Å²) >= 11 is 2.12. The van der Waals surface area contributed by atoms with E-state index in [-0.39, 0.29) is 0 Å². The fourth-order valence-corrected chi connectivity index (χ4v) is 3.88. The van der Waals surface area contributed by atoms with Gasteiger partial charge in [-0.15, -0.1) is 0 Å². The van der Waals surface area contributed by atoms with Gasteiger partial charge in [0.15, 0.2) is 0 Å². The molecular formula is C10H19NS. The van der Waals surface area contributed by atoms with E-state index in [1.165, 1.54) is 24.3 Å². The molecule has 1 nitrogen and oxygen atoms in total. The first-order valence-corrected chi connectivity index (χ1v) is 6.13. The highest BCUT2D eigenvalue weighted by Gasteiger charge is 2.58. The average Bonchev–Trinajstić information content (AvgIpc) is 2.53. The summed E-state index contributed by atoms with van der Waals surface area (Å²) in [6, 6.07) is 0.487. The van der Waals surface area contributed by atoms with Gasteiger partial charge in [-0.05, 0) is 41.6 Å². The van der Waals surface area contributed by atoms with Gasteiger partial charge in [0.25, 0.3) is 0 Å². The van der Waals surface area contributed by atoms with E-state index < -0.39 is 0 Å². The molecule has 1 unspecified atom stereocenters. The molecule has 0 bridgehead atoms. The van der Waals surface area contributed by atoms with E-state index in [0.717, 1.165) is 11.8 Å². The third-order valence-electron chi connectivity index (χ3n) is 3.70. The van der Waals surface area contributed by atoms with Crippen LogP contribution in [0, 0.1) is 17.3 Å². The molecule has 3 atom stereocenters. The zero-order valence-corrected chi connectivity index (χ0v) is 8.86. The lowest BCUT2D eigenvalue weighted by Gasteiger charge is -2.22. The van der Waals surface area contributed by atoms with Crippen molar-refractivity contribution in [2.24, 2.45) is 23.0 Å². The SMILES string of the molecule is CC1(C)[C@@H](N)[C@@H]1C1CCCSC1. The minimum atomic E-state index is 0.447. The van der Waals surface area contributed by atoms with Crippen molar-refractivity contribution < 1.29 is 0 Å². The van der Waals surface area contributed by atoms with E-state index in [4.69, 9.17) is 5.73 Å². The molecule has 2 N–H and O–H groups in total. The second-order valence-corrected chi connectivity index (χ2v) is 6.00. The van der Waals surface area contributed by atoms with Crippen molar-refractivity contribution in [3.05, 3.63) is 0 Å². The zero-order chi connectivity index (χ0) is 8.77. The third kappa shape index (κ3) is 1.29. The van der Waals surface area contributed by atoms with E-state index in [0.29, 0.717) is 11.5 Å². The average molecular weight is 185 g/mol. The number of thioether (sulfide) groups is 1. The third-order valence-corrected chi connectivity index (χ3v) is 4.94. The van der Waals surface area contributed by atoms with Crippen molar-refractivity contribution in [3.8, 4) is 0 Å². The second kappa shape index (κ2) is 2.91. The van der Waals surface area contributed by atoms with Crippen LogP contribution in [0.25, 0.3) is 0 Å². The normalized spacial score (nSPS) is 45.8. The molecule has 1 heterocycles. The Hall–Kier alpha value is 0.310. The Morgan fingerprint density at radius 3 is 2.50 bits per heavy atom. The summed E-state index contributed by atoms with van der Waals surface area (Å²) in [5.74, 6) is 4.49. The number of rotatable bonds is 1. The molecule has 1 saturated heterocycles. The van der Waals surface area contributed by atoms with Crippen molar-refractivity contribution in [2.75, 3.05) is 11.5 Å². The largest absolute Gasteiger partial charge is 0.327 e.